The number of nitrogens with zero attached hydrogens (tertiary/aromatic N) is 3. The molecule has 3 heterocycles. The highest BCUT2D eigenvalue weighted by Crippen LogP contribution is 2.28. The van der Waals surface area contributed by atoms with Crippen LogP contribution in [0.2, 0.25) is 0 Å². The van der Waals surface area contributed by atoms with Crippen LogP contribution in [0.3, 0.4) is 0 Å². The Labute approximate surface area is 122 Å². The third kappa shape index (κ3) is 2.69. The molecule has 0 aliphatic carbocycles. The van der Waals surface area contributed by atoms with Gasteiger partial charge in [-0.25, -0.2) is 4.98 Å². The fourth-order valence-corrected chi connectivity index (χ4v) is 2.03. The van der Waals surface area contributed by atoms with E-state index in [-0.39, 0.29) is 0 Å². The minimum absolute atomic E-state index is 0.476. The van der Waals surface area contributed by atoms with Crippen LogP contribution in [-0.2, 0) is 0 Å². The zero-order chi connectivity index (χ0) is 14.8. The van der Waals surface area contributed by atoms with Gasteiger partial charge in [0.15, 0.2) is 0 Å². The van der Waals surface area contributed by atoms with Crippen LogP contribution in [0.15, 0.2) is 36.7 Å². The molecule has 3 aromatic rings. The third-order valence-corrected chi connectivity index (χ3v) is 3.12. The summed E-state index contributed by atoms with van der Waals surface area (Å²) >= 11 is 0. The zero-order valence-electron chi connectivity index (χ0n) is 11.8. The smallest absolute Gasteiger partial charge is 0.148 e. The lowest BCUT2D eigenvalue weighted by Crippen LogP contribution is -1.95. The van der Waals surface area contributed by atoms with Crippen molar-refractivity contribution in [2.75, 3.05) is 5.73 Å². The van der Waals surface area contributed by atoms with Crippen LogP contribution in [0.5, 0.6) is 11.5 Å². The Morgan fingerprint density at radius 3 is 2.76 bits per heavy atom. The van der Waals surface area contributed by atoms with Gasteiger partial charge in [-0.1, -0.05) is 0 Å². The largest absolute Gasteiger partial charge is 0.455 e. The Hall–Kier alpha value is -2.89. The number of anilines is 1. The number of hydrogen-bond acceptors (Lipinski definition) is 5. The summed E-state index contributed by atoms with van der Waals surface area (Å²) in [6, 6.07) is 7.19. The van der Waals surface area contributed by atoms with E-state index in [4.69, 9.17) is 10.5 Å². The van der Waals surface area contributed by atoms with Gasteiger partial charge in [-0.05, 0) is 32.0 Å². The first-order valence-corrected chi connectivity index (χ1v) is 6.51. The molecule has 0 saturated carbocycles. The summed E-state index contributed by atoms with van der Waals surface area (Å²) < 4.78 is 5.85. The average Bonchev–Trinajstić information content (AvgIpc) is 2.89. The van der Waals surface area contributed by atoms with Gasteiger partial charge in [-0.15, -0.1) is 0 Å². The average molecular weight is 281 g/mol. The van der Waals surface area contributed by atoms with E-state index in [1.165, 1.54) is 0 Å². The lowest BCUT2D eigenvalue weighted by Gasteiger charge is -2.09. The summed E-state index contributed by atoms with van der Waals surface area (Å²) in [6.45, 7) is 3.81. The van der Waals surface area contributed by atoms with E-state index in [9.17, 15) is 0 Å². The number of rotatable bonds is 3. The molecule has 6 nitrogen and oxygen atoms in total. The first-order valence-electron chi connectivity index (χ1n) is 6.51. The van der Waals surface area contributed by atoms with E-state index in [0.717, 1.165) is 22.6 Å². The molecule has 0 saturated heterocycles. The van der Waals surface area contributed by atoms with E-state index >= 15 is 0 Å². The van der Waals surface area contributed by atoms with Crippen molar-refractivity contribution in [3.05, 3.63) is 48.0 Å². The van der Waals surface area contributed by atoms with Crippen molar-refractivity contribution in [1.82, 2.24) is 20.2 Å². The zero-order valence-corrected chi connectivity index (χ0v) is 11.8. The van der Waals surface area contributed by atoms with Gasteiger partial charge in [0, 0.05) is 23.5 Å². The maximum atomic E-state index is 5.85. The highest BCUT2D eigenvalue weighted by Gasteiger charge is 2.08. The number of pyridine rings is 2. The van der Waals surface area contributed by atoms with Crippen molar-refractivity contribution in [1.29, 1.82) is 0 Å². The van der Waals surface area contributed by atoms with Crippen molar-refractivity contribution in [2.45, 2.75) is 13.8 Å². The number of aromatic amines is 1. The number of hydrogen-bond donors (Lipinski definition) is 2. The van der Waals surface area contributed by atoms with Gasteiger partial charge in [-0.2, -0.15) is 5.10 Å². The highest BCUT2D eigenvalue weighted by molar-refractivity contribution is 5.62. The second-order valence-electron chi connectivity index (χ2n) is 4.71. The lowest BCUT2D eigenvalue weighted by molar-refractivity contribution is 0.475. The third-order valence-electron chi connectivity index (χ3n) is 3.12. The quantitative estimate of drug-likeness (QED) is 0.770. The van der Waals surface area contributed by atoms with Gasteiger partial charge in [0.25, 0.3) is 0 Å². The minimum Gasteiger partial charge on any atom is -0.455 e. The van der Waals surface area contributed by atoms with Gasteiger partial charge in [0.05, 0.1) is 17.6 Å². The first kappa shape index (κ1) is 13.1. The number of ether oxygens (including phenoxy) is 1. The summed E-state index contributed by atoms with van der Waals surface area (Å²) in [5, 5.41) is 6.90. The van der Waals surface area contributed by atoms with Crippen LogP contribution < -0.4 is 10.5 Å². The monoisotopic (exact) mass is 281 g/mol. The fourth-order valence-electron chi connectivity index (χ4n) is 2.03. The van der Waals surface area contributed by atoms with Gasteiger partial charge in [-0.3, -0.25) is 10.1 Å². The first-order chi connectivity index (χ1) is 10.1. The van der Waals surface area contributed by atoms with E-state index in [1.54, 1.807) is 30.6 Å². The van der Waals surface area contributed by atoms with E-state index in [0.29, 0.717) is 17.3 Å². The molecule has 0 aliphatic rings. The molecule has 0 radical (unpaired) electrons. The lowest BCUT2D eigenvalue weighted by atomic mass is 10.2. The Morgan fingerprint density at radius 1 is 1.19 bits per heavy atom. The van der Waals surface area contributed by atoms with Gasteiger partial charge < -0.3 is 10.5 Å². The number of nitrogens with one attached hydrogen (secondary N) is 1. The predicted octanol–water partition coefficient (Wildman–Crippen LogP) is 2.86. The van der Waals surface area contributed by atoms with Gasteiger partial charge in [0.2, 0.25) is 0 Å². The summed E-state index contributed by atoms with van der Waals surface area (Å²) in [4.78, 5) is 8.52. The number of H-pyrrole nitrogens is 1. The van der Waals surface area contributed by atoms with Crippen molar-refractivity contribution < 1.29 is 4.74 Å². The summed E-state index contributed by atoms with van der Waals surface area (Å²) in [5.74, 6) is 1.84. The molecule has 0 bridgehead atoms. The molecule has 21 heavy (non-hydrogen) atoms. The van der Waals surface area contributed by atoms with Gasteiger partial charge >= 0.3 is 0 Å². The Morgan fingerprint density at radius 2 is 2.05 bits per heavy atom. The van der Waals surface area contributed by atoms with Crippen molar-refractivity contribution in [2.24, 2.45) is 0 Å². The van der Waals surface area contributed by atoms with Crippen molar-refractivity contribution in [3.63, 3.8) is 0 Å². The van der Waals surface area contributed by atoms with Crippen LogP contribution in [0.25, 0.3) is 11.3 Å². The van der Waals surface area contributed by atoms with Crippen LogP contribution in [0.4, 0.5) is 5.82 Å². The molecule has 0 aromatic carbocycles. The van der Waals surface area contributed by atoms with Crippen LogP contribution in [0.1, 0.15) is 11.4 Å². The minimum atomic E-state index is 0.476. The number of nitrogens with two attached hydrogens (primary N) is 1. The fraction of sp³-hybridized carbons (Fsp3) is 0.133. The maximum absolute atomic E-state index is 5.85. The standard InChI is InChI=1S/C15H15N5O/c1-9-12(8-18-20-9)13-7-11(5-6-17-13)21-14-3-4-15(16)19-10(14)2/h3-8H,1-2H3,(H2,16,19)(H,18,20). The predicted molar refractivity (Wildman–Crippen MR) is 80.0 cm³/mol. The number of aryl methyl sites for hydroxylation is 2. The number of aromatic nitrogens is 4. The molecule has 0 unspecified atom stereocenters. The van der Waals surface area contributed by atoms with Gasteiger partial charge in [0.1, 0.15) is 17.3 Å². The molecule has 0 spiro atoms. The molecule has 0 aliphatic heterocycles. The molecule has 106 valence electrons. The highest BCUT2D eigenvalue weighted by atomic mass is 16.5. The second-order valence-corrected chi connectivity index (χ2v) is 4.71. The van der Waals surface area contributed by atoms with Crippen LogP contribution in [0, 0.1) is 13.8 Å². The van der Waals surface area contributed by atoms with E-state index in [1.807, 2.05) is 19.9 Å². The van der Waals surface area contributed by atoms with Crippen LogP contribution in [-0.4, -0.2) is 20.2 Å². The molecule has 0 atom stereocenters. The second kappa shape index (κ2) is 5.24. The van der Waals surface area contributed by atoms with E-state index in [2.05, 4.69) is 20.2 Å². The Kier molecular flexibility index (Phi) is 3.27. The SMILES string of the molecule is Cc1nc(N)ccc1Oc1ccnc(-c2cn[nH]c2C)c1. The topological polar surface area (TPSA) is 89.7 Å². The molecule has 0 amide bonds. The molecular weight excluding hydrogens is 266 g/mol. The molecule has 3 aromatic heterocycles. The molecule has 0 fully saturated rings. The number of nitrogen functional groups attached to an aromatic ring is 1. The Bertz CT molecular complexity index is 781. The summed E-state index contributed by atoms with van der Waals surface area (Å²) in [7, 11) is 0. The summed E-state index contributed by atoms with van der Waals surface area (Å²) in [6.07, 6.45) is 3.45. The van der Waals surface area contributed by atoms with E-state index < -0.39 is 0 Å². The molecule has 3 rings (SSSR count). The van der Waals surface area contributed by atoms with Crippen molar-refractivity contribution in [3.8, 4) is 22.8 Å². The molecular formula is C15H15N5O. The van der Waals surface area contributed by atoms with Crippen LogP contribution >= 0.6 is 0 Å². The van der Waals surface area contributed by atoms with Crippen molar-refractivity contribution >= 4 is 5.82 Å². The molecule has 6 heteroatoms. The normalized spacial score (nSPS) is 10.6. The molecule has 3 N–H and O–H groups in total. The Balaban J connectivity index is 1.92. The maximum Gasteiger partial charge on any atom is 0.148 e. The summed E-state index contributed by atoms with van der Waals surface area (Å²) in [5.41, 5.74) is 9.10.